The van der Waals surface area contributed by atoms with E-state index in [9.17, 15) is 4.79 Å². The van der Waals surface area contributed by atoms with Crippen LogP contribution >= 0.6 is 24.0 Å². The Morgan fingerprint density at radius 2 is 1.86 bits per heavy atom. The molecule has 1 aliphatic rings. The molecular formula is C23H25NO3S2. The summed E-state index contributed by atoms with van der Waals surface area (Å²) in [6.45, 7) is 4.67. The van der Waals surface area contributed by atoms with Crippen molar-refractivity contribution in [2.45, 2.75) is 33.1 Å². The molecule has 6 heteroatoms. The Labute approximate surface area is 181 Å². The molecule has 3 rings (SSSR count). The zero-order chi connectivity index (χ0) is 20.8. The van der Waals surface area contributed by atoms with Crippen molar-refractivity contribution in [3.05, 3.63) is 58.5 Å². The van der Waals surface area contributed by atoms with Crippen molar-refractivity contribution in [1.82, 2.24) is 0 Å². The van der Waals surface area contributed by atoms with Gasteiger partial charge in [0.2, 0.25) is 0 Å². The average molecular weight is 428 g/mol. The molecule has 0 bridgehead atoms. The lowest BCUT2D eigenvalue weighted by Crippen LogP contribution is -2.27. The molecule has 1 amide bonds. The third-order valence-electron chi connectivity index (χ3n) is 4.59. The van der Waals surface area contributed by atoms with Gasteiger partial charge in [0.1, 0.15) is 0 Å². The first-order valence-electron chi connectivity index (χ1n) is 9.75. The predicted molar refractivity (Wildman–Crippen MR) is 125 cm³/mol. The Morgan fingerprint density at radius 3 is 2.52 bits per heavy atom. The molecule has 0 radical (unpaired) electrons. The van der Waals surface area contributed by atoms with Gasteiger partial charge in [0.25, 0.3) is 5.91 Å². The lowest BCUT2D eigenvalue weighted by molar-refractivity contribution is -0.113. The van der Waals surface area contributed by atoms with E-state index in [0.717, 1.165) is 30.5 Å². The van der Waals surface area contributed by atoms with E-state index in [1.54, 1.807) is 12.0 Å². The van der Waals surface area contributed by atoms with E-state index in [1.807, 2.05) is 43.3 Å². The summed E-state index contributed by atoms with van der Waals surface area (Å²) in [5.74, 6) is 1.22. The maximum Gasteiger partial charge on any atom is 0.270 e. The maximum atomic E-state index is 13.0. The van der Waals surface area contributed by atoms with E-state index in [4.69, 9.17) is 21.7 Å². The lowest BCUT2D eigenvalue weighted by Gasteiger charge is -2.15. The van der Waals surface area contributed by atoms with E-state index in [-0.39, 0.29) is 5.91 Å². The monoisotopic (exact) mass is 427 g/mol. The number of aryl methyl sites for hydroxylation is 1. The van der Waals surface area contributed by atoms with Gasteiger partial charge in [-0.1, -0.05) is 55.5 Å². The minimum atomic E-state index is -0.103. The molecule has 0 aromatic heterocycles. The molecule has 0 saturated carbocycles. The van der Waals surface area contributed by atoms with Crippen LogP contribution < -0.4 is 14.4 Å². The van der Waals surface area contributed by atoms with Crippen LogP contribution in [0.4, 0.5) is 5.69 Å². The second kappa shape index (κ2) is 9.94. The molecule has 152 valence electrons. The van der Waals surface area contributed by atoms with Gasteiger partial charge in [0.05, 0.1) is 24.3 Å². The van der Waals surface area contributed by atoms with Gasteiger partial charge in [0, 0.05) is 0 Å². The van der Waals surface area contributed by atoms with Crippen molar-refractivity contribution in [2.75, 3.05) is 18.6 Å². The average Bonchev–Trinajstić information content (AvgIpc) is 3.01. The zero-order valence-corrected chi connectivity index (χ0v) is 18.6. The molecule has 2 aromatic rings. The van der Waals surface area contributed by atoms with Gasteiger partial charge in [-0.15, -0.1) is 0 Å². The van der Waals surface area contributed by atoms with Crippen LogP contribution in [0, 0.1) is 0 Å². The largest absolute Gasteiger partial charge is 0.493 e. The third kappa shape index (κ3) is 5.00. The topological polar surface area (TPSA) is 38.8 Å². The highest BCUT2D eigenvalue weighted by molar-refractivity contribution is 8.27. The van der Waals surface area contributed by atoms with E-state index < -0.39 is 0 Å². The van der Waals surface area contributed by atoms with Gasteiger partial charge in [0.15, 0.2) is 15.8 Å². The number of thiocarbonyl (C=S) groups is 1. The second-order valence-electron chi connectivity index (χ2n) is 6.63. The van der Waals surface area contributed by atoms with E-state index in [0.29, 0.717) is 27.3 Å². The van der Waals surface area contributed by atoms with Crippen molar-refractivity contribution in [2.24, 2.45) is 0 Å². The summed E-state index contributed by atoms with van der Waals surface area (Å²) in [7, 11) is 1.60. The van der Waals surface area contributed by atoms with Gasteiger partial charge in [-0.3, -0.25) is 9.69 Å². The van der Waals surface area contributed by atoms with Crippen LogP contribution in [0.1, 0.15) is 37.8 Å². The molecule has 0 aliphatic carbocycles. The molecule has 29 heavy (non-hydrogen) atoms. The Hall–Kier alpha value is -2.31. The number of ether oxygens (including phenoxy) is 2. The number of rotatable bonds is 8. The number of carbonyl (C=O) groups is 1. The van der Waals surface area contributed by atoms with Gasteiger partial charge in [-0.2, -0.15) is 0 Å². The summed E-state index contributed by atoms with van der Waals surface area (Å²) in [4.78, 5) is 15.2. The van der Waals surface area contributed by atoms with Crippen molar-refractivity contribution in [3.8, 4) is 11.5 Å². The van der Waals surface area contributed by atoms with Crippen molar-refractivity contribution < 1.29 is 14.3 Å². The third-order valence-corrected chi connectivity index (χ3v) is 5.89. The standard InChI is InChI=1S/C23H25NO3S2/c1-4-6-7-16-8-11-18(12-9-16)24-22(25)21(29-23(24)28)15-17-10-13-19(27-5-2)20(14-17)26-3/h8-15H,4-7H2,1-3H3. The fraction of sp³-hybridized carbons (Fsp3) is 0.304. The van der Waals surface area contributed by atoms with Crippen LogP contribution in [-0.4, -0.2) is 23.9 Å². The Kier molecular flexibility index (Phi) is 7.34. The highest BCUT2D eigenvalue weighted by atomic mass is 32.2. The molecule has 1 aliphatic heterocycles. The van der Waals surface area contributed by atoms with Crippen LogP contribution in [0.25, 0.3) is 6.08 Å². The van der Waals surface area contributed by atoms with Crippen LogP contribution in [0.15, 0.2) is 47.4 Å². The fourth-order valence-electron chi connectivity index (χ4n) is 3.08. The van der Waals surface area contributed by atoms with Gasteiger partial charge >= 0.3 is 0 Å². The Morgan fingerprint density at radius 1 is 1.10 bits per heavy atom. The minimum absolute atomic E-state index is 0.103. The molecular weight excluding hydrogens is 402 g/mol. The Bertz CT molecular complexity index is 922. The summed E-state index contributed by atoms with van der Waals surface area (Å²) >= 11 is 6.80. The molecule has 1 fully saturated rings. The van der Waals surface area contributed by atoms with Gasteiger partial charge in [-0.05, 0) is 61.2 Å². The molecule has 4 nitrogen and oxygen atoms in total. The fourth-order valence-corrected chi connectivity index (χ4v) is 4.38. The summed E-state index contributed by atoms with van der Waals surface area (Å²) < 4.78 is 11.5. The normalized spacial score (nSPS) is 15.3. The summed E-state index contributed by atoms with van der Waals surface area (Å²) in [6.07, 6.45) is 5.22. The van der Waals surface area contributed by atoms with E-state index >= 15 is 0 Å². The molecule has 0 N–H and O–H groups in total. The highest BCUT2D eigenvalue weighted by Crippen LogP contribution is 2.37. The zero-order valence-electron chi connectivity index (χ0n) is 16.9. The summed E-state index contributed by atoms with van der Waals surface area (Å²) in [5.41, 5.74) is 2.94. The van der Waals surface area contributed by atoms with E-state index in [1.165, 1.54) is 17.3 Å². The predicted octanol–water partition coefficient (Wildman–Crippen LogP) is 5.84. The number of unbranched alkanes of at least 4 members (excludes halogenated alkanes) is 1. The molecule has 1 saturated heterocycles. The van der Waals surface area contributed by atoms with E-state index in [2.05, 4.69) is 19.1 Å². The number of anilines is 1. The minimum Gasteiger partial charge on any atom is -0.493 e. The first-order valence-corrected chi connectivity index (χ1v) is 11.0. The number of methoxy groups -OCH3 is 1. The number of nitrogens with zero attached hydrogens (tertiary/aromatic N) is 1. The first-order chi connectivity index (χ1) is 14.1. The number of hydrogen-bond donors (Lipinski definition) is 0. The molecule has 0 unspecified atom stereocenters. The summed E-state index contributed by atoms with van der Waals surface area (Å²) in [5, 5.41) is 0. The quantitative estimate of drug-likeness (QED) is 0.391. The second-order valence-corrected chi connectivity index (χ2v) is 8.31. The van der Waals surface area contributed by atoms with Crippen molar-refractivity contribution in [1.29, 1.82) is 0 Å². The van der Waals surface area contributed by atoms with Gasteiger partial charge < -0.3 is 9.47 Å². The van der Waals surface area contributed by atoms with Crippen molar-refractivity contribution >= 4 is 46.0 Å². The maximum absolute atomic E-state index is 13.0. The van der Waals surface area contributed by atoms with Crippen LogP contribution in [0.5, 0.6) is 11.5 Å². The lowest BCUT2D eigenvalue weighted by atomic mass is 10.1. The van der Waals surface area contributed by atoms with Crippen molar-refractivity contribution in [3.63, 3.8) is 0 Å². The van der Waals surface area contributed by atoms with Gasteiger partial charge in [-0.25, -0.2) is 0 Å². The number of carbonyl (C=O) groups excluding carboxylic acids is 1. The molecule has 0 spiro atoms. The van der Waals surface area contributed by atoms with Crippen LogP contribution in [0.3, 0.4) is 0 Å². The number of thioether (sulfide) groups is 1. The SMILES string of the molecule is CCCCc1ccc(N2C(=O)C(=Cc3ccc(OCC)c(OC)c3)SC2=S)cc1. The smallest absolute Gasteiger partial charge is 0.270 e. The molecule has 1 heterocycles. The van der Waals surface area contributed by atoms with Crippen LogP contribution in [-0.2, 0) is 11.2 Å². The number of benzene rings is 2. The number of hydrogen-bond acceptors (Lipinski definition) is 5. The first kappa shape index (κ1) is 21.4. The number of amides is 1. The summed E-state index contributed by atoms with van der Waals surface area (Å²) in [6, 6.07) is 13.7. The van der Waals surface area contributed by atoms with Crippen LogP contribution in [0.2, 0.25) is 0 Å². The molecule has 2 aromatic carbocycles. The highest BCUT2D eigenvalue weighted by Gasteiger charge is 2.33. The Balaban J connectivity index is 1.81. The molecule has 0 atom stereocenters.